The Hall–Kier alpha value is -0.470. The molecular formula is C17H29IN4S. The molecule has 0 amide bonds. The summed E-state index contributed by atoms with van der Waals surface area (Å²) in [5.74, 6) is 2.04. The van der Waals surface area contributed by atoms with Gasteiger partial charge in [0.1, 0.15) is 0 Å². The number of rotatable bonds is 7. The van der Waals surface area contributed by atoms with Crippen molar-refractivity contribution in [2.24, 2.45) is 4.99 Å². The second-order valence-electron chi connectivity index (χ2n) is 5.48. The van der Waals surface area contributed by atoms with E-state index in [9.17, 15) is 0 Å². The van der Waals surface area contributed by atoms with Crippen LogP contribution in [0.3, 0.4) is 0 Å². The predicted octanol–water partition coefficient (Wildman–Crippen LogP) is 2.58. The molecule has 4 nitrogen and oxygen atoms in total. The molecule has 1 aromatic rings. The first-order chi connectivity index (χ1) is 10.8. The number of hydrogen-bond donors (Lipinski definition) is 2. The summed E-state index contributed by atoms with van der Waals surface area (Å²) in [5.41, 5.74) is 2.98. The van der Waals surface area contributed by atoms with Gasteiger partial charge in [-0.15, -0.1) is 24.0 Å². The average Bonchev–Trinajstić information content (AvgIpc) is 2.55. The van der Waals surface area contributed by atoms with Crippen LogP contribution in [0.1, 0.15) is 18.1 Å². The Bertz CT molecular complexity index is 481. The van der Waals surface area contributed by atoms with E-state index in [0.29, 0.717) is 0 Å². The van der Waals surface area contributed by atoms with Crippen LogP contribution >= 0.6 is 35.7 Å². The summed E-state index contributed by atoms with van der Waals surface area (Å²) >= 11 is 1.85. The van der Waals surface area contributed by atoms with Crippen molar-refractivity contribution >= 4 is 41.7 Å². The smallest absolute Gasteiger partial charge is 0.191 e. The van der Waals surface area contributed by atoms with E-state index >= 15 is 0 Å². The lowest BCUT2D eigenvalue weighted by atomic mass is 10.0. The summed E-state index contributed by atoms with van der Waals surface area (Å²) in [6.45, 7) is 8.04. The molecule has 0 radical (unpaired) electrons. The zero-order valence-corrected chi connectivity index (χ0v) is 17.3. The van der Waals surface area contributed by atoms with Crippen LogP contribution < -0.4 is 10.6 Å². The third kappa shape index (κ3) is 7.30. The standard InChI is InChI=1S/C17H28N4S.HI/c1-3-18-17(20-10-13-22-2)19-9-12-21-11-8-15-6-4-5-7-16(15)14-21;/h4-7H,3,8-14H2,1-2H3,(H2,18,19,20);1H. The van der Waals surface area contributed by atoms with E-state index in [1.165, 1.54) is 11.1 Å². The molecule has 0 spiro atoms. The fourth-order valence-corrected chi connectivity index (χ4v) is 2.97. The first kappa shape index (κ1) is 20.6. The Balaban J connectivity index is 0.00000264. The number of thioether (sulfide) groups is 1. The summed E-state index contributed by atoms with van der Waals surface area (Å²) < 4.78 is 0. The van der Waals surface area contributed by atoms with Crippen LogP contribution in [0.4, 0.5) is 0 Å². The maximum atomic E-state index is 4.68. The first-order valence-electron chi connectivity index (χ1n) is 8.13. The third-order valence-electron chi connectivity index (χ3n) is 3.84. The lowest BCUT2D eigenvalue weighted by molar-refractivity contribution is 0.261. The molecule has 6 heteroatoms. The van der Waals surface area contributed by atoms with E-state index in [2.05, 4.69) is 58.0 Å². The van der Waals surface area contributed by atoms with Gasteiger partial charge in [0.25, 0.3) is 0 Å². The molecule has 0 saturated carbocycles. The van der Waals surface area contributed by atoms with Gasteiger partial charge in [0.05, 0.1) is 6.54 Å². The molecule has 1 aromatic carbocycles. The van der Waals surface area contributed by atoms with E-state index in [1.54, 1.807) is 0 Å². The fraction of sp³-hybridized carbons (Fsp3) is 0.588. The van der Waals surface area contributed by atoms with Gasteiger partial charge in [-0.1, -0.05) is 24.3 Å². The van der Waals surface area contributed by atoms with Crippen molar-refractivity contribution in [3.63, 3.8) is 0 Å². The Kier molecular flexibility index (Phi) is 10.7. The quantitative estimate of drug-likeness (QED) is 0.291. The van der Waals surface area contributed by atoms with Crippen LogP contribution in [-0.2, 0) is 13.0 Å². The summed E-state index contributed by atoms with van der Waals surface area (Å²) in [5, 5.41) is 6.68. The van der Waals surface area contributed by atoms with Crippen molar-refractivity contribution in [1.82, 2.24) is 15.5 Å². The van der Waals surface area contributed by atoms with Gasteiger partial charge in [-0.05, 0) is 30.7 Å². The first-order valence-corrected chi connectivity index (χ1v) is 9.53. The minimum atomic E-state index is 0. The lowest BCUT2D eigenvalue weighted by Crippen LogP contribution is -2.39. The van der Waals surface area contributed by atoms with Gasteiger partial charge in [0.2, 0.25) is 0 Å². The molecule has 1 aliphatic rings. The number of nitrogens with zero attached hydrogens (tertiary/aromatic N) is 2. The number of halogens is 1. The molecule has 0 aromatic heterocycles. The molecule has 0 fully saturated rings. The molecule has 23 heavy (non-hydrogen) atoms. The maximum absolute atomic E-state index is 4.68. The lowest BCUT2D eigenvalue weighted by Gasteiger charge is -2.28. The zero-order chi connectivity index (χ0) is 15.6. The molecule has 0 bridgehead atoms. The number of guanidine groups is 1. The highest BCUT2D eigenvalue weighted by atomic mass is 127. The third-order valence-corrected chi connectivity index (χ3v) is 4.45. The van der Waals surface area contributed by atoms with Crippen molar-refractivity contribution in [3.05, 3.63) is 35.4 Å². The maximum Gasteiger partial charge on any atom is 0.191 e. The molecule has 0 atom stereocenters. The predicted molar refractivity (Wildman–Crippen MR) is 113 cm³/mol. The minimum Gasteiger partial charge on any atom is -0.357 e. The summed E-state index contributed by atoms with van der Waals surface area (Å²) in [6.07, 6.45) is 3.28. The number of benzene rings is 1. The Labute approximate surface area is 161 Å². The molecule has 0 unspecified atom stereocenters. The van der Waals surface area contributed by atoms with Crippen molar-refractivity contribution < 1.29 is 0 Å². The molecule has 1 aliphatic heterocycles. The Morgan fingerprint density at radius 3 is 2.78 bits per heavy atom. The Morgan fingerprint density at radius 2 is 2.04 bits per heavy atom. The topological polar surface area (TPSA) is 39.7 Å². The molecule has 0 saturated heterocycles. The highest BCUT2D eigenvalue weighted by Gasteiger charge is 2.14. The molecule has 2 N–H and O–H groups in total. The van der Waals surface area contributed by atoms with Crippen LogP contribution in [0.25, 0.3) is 0 Å². The molecule has 2 rings (SSSR count). The number of hydrogen-bond acceptors (Lipinski definition) is 3. The summed E-state index contributed by atoms with van der Waals surface area (Å²) in [6, 6.07) is 8.78. The molecule has 0 aliphatic carbocycles. The van der Waals surface area contributed by atoms with Crippen molar-refractivity contribution in [2.75, 3.05) is 44.7 Å². The van der Waals surface area contributed by atoms with Gasteiger partial charge in [-0.2, -0.15) is 11.8 Å². The highest BCUT2D eigenvalue weighted by Crippen LogP contribution is 2.17. The van der Waals surface area contributed by atoms with Gasteiger partial charge in [-0.25, -0.2) is 0 Å². The molecule has 130 valence electrons. The fourth-order valence-electron chi connectivity index (χ4n) is 2.66. The summed E-state index contributed by atoms with van der Waals surface area (Å²) in [7, 11) is 0. The van der Waals surface area contributed by atoms with Crippen molar-refractivity contribution in [1.29, 1.82) is 0 Å². The number of nitrogens with one attached hydrogen (secondary N) is 2. The van der Waals surface area contributed by atoms with Gasteiger partial charge >= 0.3 is 0 Å². The number of fused-ring (bicyclic) bond motifs is 1. The van der Waals surface area contributed by atoms with E-state index < -0.39 is 0 Å². The van der Waals surface area contributed by atoms with Gasteiger partial charge in [0, 0.05) is 38.5 Å². The van der Waals surface area contributed by atoms with Crippen LogP contribution in [-0.4, -0.2) is 55.6 Å². The SMILES string of the molecule is CCNC(=NCCN1CCc2ccccc2C1)NCCSC.I. The van der Waals surface area contributed by atoms with Crippen LogP contribution in [0.2, 0.25) is 0 Å². The van der Waals surface area contributed by atoms with E-state index in [-0.39, 0.29) is 24.0 Å². The average molecular weight is 448 g/mol. The van der Waals surface area contributed by atoms with Gasteiger partial charge < -0.3 is 10.6 Å². The second kappa shape index (κ2) is 12.0. The summed E-state index contributed by atoms with van der Waals surface area (Å²) in [4.78, 5) is 7.18. The second-order valence-corrected chi connectivity index (χ2v) is 6.46. The number of aliphatic imine (C=N–C) groups is 1. The highest BCUT2D eigenvalue weighted by molar-refractivity contribution is 14.0. The van der Waals surface area contributed by atoms with Crippen molar-refractivity contribution in [3.8, 4) is 0 Å². The van der Waals surface area contributed by atoms with E-state index in [1.807, 2.05) is 11.8 Å². The monoisotopic (exact) mass is 448 g/mol. The van der Waals surface area contributed by atoms with Crippen LogP contribution in [0.15, 0.2) is 29.3 Å². The van der Waals surface area contributed by atoms with Gasteiger partial charge in [0.15, 0.2) is 5.96 Å². The van der Waals surface area contributed by atoms with E-state index in [0.717, 1.165) is 57.4 Å². The van der Waals surface area contributed by atoms with Crippen LogP contribution in [0.5, 0.6) is 0 Å². The molecular weight excluding hydrogens is 419 g/mol. The largest absolute Gasteiger partial charge is 0.357 e. The molecule has 1 heterocycles. The zero-order valence-electron chi connectivity index (χ0n) is 14.2. The Morgan fingerprint density at radius 1 is 1.26 bits per heavy atom. The van der Waals surface area contributed by atoms with Gasteiger partial charge in [-0.3, -0.25) is 9.89 Å². The van der Waals surface area contributed by atoms with Crippen molar-refractivity contribution in [2.45, 2.75) is 19.9 Å². The van der Waals surface area contributed by atoms with E-state index in [4.69, 9.17) is 0 Å². The van der Waals surface area contributed by atoms with Crippen LogP contribution in [0, 0.1) is 0 Å². The minimum absolute atomic E-state index is 0. The normalized spacial score (nSPS) is 14.8.